The molecular formula is C11H10F3N3O5. The molecule has 1 fully saturated rings. The highest BCUT2D eigenvalue weighted by Crippen LogP contribution is 2.33. The van der Waals surface area contributed by atoms with E-state index in [1.54, 1.807) is 0 Å². The minimum Gasteiger partial charge on any atom is -0.366 e. The number of nitrogens with zero attached hydrogens (tertiary/aromatic N) is 3. The Morgan fingerprint density at radius 3 is 2.36 bits per heavy atom. The topological polar surface area (TPSA) is 98.8 Å². The van der Waals surface area contributed by atoms with Crippen LogP contribution < -0.4 is 4.90 Å². The van der Waals surface area contributed by atoms with Gasteiger partial charge in [0.2, 0.25) is 0 Å². The van der Waals surface area contributed by atoms with Gasteiger partial charge < -0.3 is 9.64 Å². The van der Waals surface area contributed by atoms with E-state index in [2.05, 4.69) is 4.74 Å². The molecule has 0 radical (unpaired) electrons. The summed E-state index contributed by atoms with van der Waals surface area (Å²) in [5.74, 6) is 0. The van der Waals surface area contributed by atoms with Crippen LogP contribution in [0.2, 0.25) is 0 Å². The molecule has 1 saturated heterocycles. The Morgan fingerprint density at radius 2 is 1.82 bits per heavy atom. The van der Waals surface area contributed by atoms with Crippen molar-refractivity contribution in [3.8, 4) is 0 Å². The van der Waals surface area contributed by atoms with Crippen molar-refractivity contribution in [1.82, 2.24) is 0 Å². The van der Waals surface area contributed by atoms with Crippen LogP contribution in [-0.2, 0) is 4.74 Å². The zero-order valence-corrected chi connectivity index (χ0v) is 10.9. The van der Waals surface area contributed by atoms with Gasteiger partial charge in [-0.15, -0.1) is 0 Å². The third-order valence-corrected chi connectivity index (χ3v) is 3.15. The van der Waals surface area contributed by atoms with Gasteiger partial charge in [-0.1, -0.05) is 0 Å². The fourth-order valence-corrected chi connectivity index (χ4v) is 2.09. The zero-order chi connectivity index (χ0) is 16.5. The van der Waals surface area contributed by atoms with E-state index in [1.165, 1.54) is 11.0 Å². The van der Waals surface area contributed by atoms with Gasteiger partial charge in [-0.05, 0) is 6.07 Å². The highest BCUT2D eigenvalue weighted by atomic mass is 19.4. The summed E-state index contributed by atoms with van der Waals surface area (Å²) in [6.45, 7) is -0.630. The number of hydrogen-bond donors (Lipinski definition) is 0. The van der Waals surface area contributed by atoms with Gasteiger partial charge in [-0.3, -0.25) is 20.2 Å². The van der Waals surface area contributed by atoms with Gasteiger partial charge >= 0.3 is 17.6 Å². The van der Waals surface area contributed by atoms with E-state index in [9.17, 15) is 33.4 Å². The Labute approximate surface area is 121 Å². The molecule has 0 bridgehead atoms. The number of benzene rings is 1. The van der Waals surface area contributed by atoms with Gasteiger partial charge in [-0.25, -0.2) is 0 Å². The highest BCUT2D eigenvalue weighted by molar-refractivity contribution is 5.63. The number of hydrogen-bond acceptors (Lipinski definition) is 6. The second-order valence-corrected chi connectivity index (χ2v) is 4.53. The lowest BCUT2D eigenvalue weighted by Crippen LogP contribution is -2.49. The van der Waals surface area contributed by atoms with Crippen molar-refractivity contribution >= 4 is 17.1 Å². The zero-order valence-electron chi connectivity index (χ0n) is 10.9. The Kier molecular flexibility index (Phi) is 4.17. The normalized spacial score (nSPS) is 19.0. The maximum Gasteiger partial charge on any atom is 0.416 e. The fraction of sp³-hybridized carbons (Fsp3) is 0.455. The minimum absolute atomic E-state index is 0.0988. The van der Waals surface area contributed by atoms with Crippen molar-refractivity contribution < 1.29 is 27.8 Å². The first kappa shape index (κ1) is 15.9. The molecule has 0 unspecified atom stereocenters. The molecule has 1 aliphatic heterocycles. The van der Waals surface area contributed by atoms with Gasteiger partial charge in [0.05, 0.1) is 23.0 Å². The van der Waals surface area contributed by atoms with E-state index in [0.717, 1.165) is 12.1 Å². The molecule has 0 N–H and O–H groups in total. The van der Waals surface area contributed by atoms with Crippen LogP contribution >= 0.6 is 0 Å². The lowest BCUT2D eigenvalue weighted by atomic mass is 10.2. The third-order valence-electron chi connectivity index (χ3n) is 3.15. The summed E-state index contributed by atoms with van der Waals surface area (Å²) >= 11 is 0. The maximum absolute atomic E-state index is 12.7. The molecule has 0 spiro atoms. The minimum atomic E-state index is -4.55. The van der Waals surface area contributed by atoms with E-state index in [1.807, 2.05) is 0 Å². The predicted molar refractivity (Wildman–Crippen MR) is 67.8 cm³/mol. The van der Waals surface area contributed by atoms with Gasteiger partial charge in [0.15, 0.2) is 6.10 Å². The molecule has 1 heterocycles. The molecule has 1 aromatic carbocycles. The fourth-order valence-electron chi connectivity index (χ4n) is 2.09. The van der Waals surface area contributed by atoms with Crippen LogP contribution in [0.15, 0.2) is 18.2 Å². The third kappa shape index (κ3) is 3.24. The molecule has 8 nitrogen and oxygen atoms in total. The molecule has 22 heavy (non-hydrogen) atoms. The summed E-state index contributed by atoms with van der Waals surface area (Å²) in [5.41, 5.74) is -1.37. The molecule has 0 aliphatic carbocycles. The summed E-state index contributed by atoms with van der Waals surface area (Å²) in [5, 5.41) is 21.6. The quantitative estimate of drug-likeness (QED) is 0.625. The Balaban J connectivity index is 2.31. The number of ether oxygens (including phenoxy) is 1. The summed E-state index contributed by atoms with van der Waals surface area (Å²) in [6.07, 6.45) is -6.55. The van der Waals surface area contributed by atoms with Gasteiger partial charge in [0.1, 0.15) is 0 Å². The van der Waals surface area contributed by atoms with Gasteiger partial charge in [0.25, 0.3) is 0 Å². The lowest BCUT2D eigenvalue weighted by molar-refractivity contribution is -0.422. The first-order chi connectivity index (χ1) is 10.2. The van der Waals surface area contributed by atoms with Crippen molar-refractivity contribution in [3.63, 3.8) is 0 Å². The van der Waals surface area contributed by atoms with Gasteiger partial charge in [0, 0.05) is 24.4 Å². The van der Waals surface area contributed by atoms with Gasteiger partial charge in [-0.2, -0.15) is 13.2 Å². The SMILES string of the molecule is O=[N+]([O-])c1ccc(N2CCO[C@@H](C(F)(F)F)C2)cc1[N+](=O)[O-]. The first-order valence-corrected chi connectivity index (χ1v) is 6.06. The molecule has 120 valence electrons. The number of anilines is 1. The molecule has 1 aromatic rings. The van der Waals surface area contributed by atoms with Crippen molar-refractivity contribution in [1.29, 1.82) is 0 Å². The number of nitro benzene ring substituents is 2. The Hall–Kier alpha value is -2.43. The van der Waals surface area contributed by atoms with Crippen LogP contribution in [0.25, 0.3) is 0 Å². The monoisotopic (exact) mass is 321 g/mol. The summed E-state index contributed by atoms with van der Waals surface area (Å²) < 4.78 is 42.6. The van der Waals surface area contributed by atoms with E-state index < -0.39 is 40.0 Å². The Bertz CT molecular complexity index is 607. The summed E-state index contributed by atoms with van der Waals surface area (Å²) in [7, 11) is 0. The summed E-state index contributed by atoms with van der Waals surface area (Å²) in [4.78, 5) is 21.0. The second-order valence-electron chi connectivity index (χ2n) is 4.53. The lowest BCUT2D eigenvalue weighted by Gasteiger charge is -2.35. The number of rotatable bonds is 3. The van der Waals surface area contributed by atoms with Crippen LogP contribution in [0, 0.1) is 20.2 Å². The largest absolute Gasteiger partial charge is 0.416 e. The maximum atomic E-state index is 12.7. The molecule has 0 amide bonds. The molecule has 1 aliphatic rings. The average Bonchev–Trinajstić information content (AvgIpc) is 2.45. The summed E-state index contributed by atoms with van der Waals surface area (Å²) in [6, 6.07) is 2.99. The van der Waals surface area contributed by atoms with Crippen molar-refractivity contribution in [2.24, 2.45) is 0 Å². The van der Waals surface area contributed by atoms with Crippen LogP contribution in [0.3, 0.4) is 0 Å². The first-order valence-electron chi connectivity index (χ1n) is 6.06. The smallest absolute Gasteiger partial charge is 0.366 e. The molecule has 0 saturated carbocycles. The van der Waals surface area contributed by atoms with E-state index in [4.69, 9.17) is 0 Å². The second kappa shape index (κ2) is 5.75. The van der Waals surface area contributed by atoms with Crippen molar-refractivity contribution in [2.75, 3.05) is 24.6 Å². The predicted octanol–water partition coefficient (Wildman–Crippen LogP) is 2.27. The average molecular weight is 321 g/mol. The van der Waals surface area contributed by atoms with Crippen molar-refractivity contribution in [2.45, 2.75) is 12.3 Å². The van der Waals surface area contributed by atoms with E-state index >= 15 is 0 Å². The molecular weight excluding hydrogens is 311 g/mol. The van der Waals surface area contributed by atoms with Crippen LogP contribution in [-0.4, -0.2) is 41.8 Å². The Morgan fingerprint density at radius 1 is 1.18 bits per heavy atom. The molecule has 11 heteroatoms. The number of nitro groups is 2. The van der Waals surface area contributed by atoms with Crippen LogP contribution in [0.4, 0.5) is 30.2 Å². The highest BCUT2D eigenvalue weighted by Gasteiger charge is 2.43. The van der Waals surface area contributed by atoms with Crippen LogP contribution in [0.1, 0.15) is 0 Å². The van der Waals surface area contributed by atoms with E-state index in [0.29, 0.717) is 0 Å². The van der Waals surface area contributed by atoms with Crippen molar-refractivity contribution in [3.05, 3.63) is 38.4 Å². The molecule has 2 rings (SSSR count). The van der Waals surface area contributed by atoms with E-state index in [-0.39, 0.29) is 18.8 Å². The number of halogens is 3. The van der Waals surface area contributed by atoms with Crippen LogP contribution in [0.5, 0.6) is 0 Å². The molecule has 1 atom stereocenters. The standard InChI is InChI=1S/C11H10F3N3O5/c12-11(13,14)10-6-15(3-4-22-10)7-1-2-8(16(18)19)9(5-7)17(20)21/h1-2,5,10H,3-4,6H2/t10-/m1/s1. The number of alkyl halides is 3. The number of morpholine rings is 1. The molecule has 0 aromatic heterocycles.